The molecule has 1 aliphatic heterocycles. The van der Waals surface area contributed by atoms with Crippen LogP contribution in [0.5, 0.6) is 0 Å². The zero-order chi connectivity index (χ0) is 19.9. The van der Waals surface area contributed by atoms with Gasteiger partial charge in [0.1, 0.15) is 24.4 Å². The molecule has 9 nitrogen and oxygen atoms in total. The van der Waals surface area contributed by atoms with Crippen molar-refractivity contribution in [3.05, 3.63) is 23.3 Å². The van der Waals surface area contributed by atoms with Crippen LogP contribution in [0.1, 0.15) is 33.6 Å². The Morgan fingerprint density at radius 3 is 2.35 bits per heavy atom. The molecule has 0 aromatic carbocycles. The van der Waals surface area contributed by atoms with Gasteiger partial charge in [-0.15, -0.1) is 0 Å². The van der Waals surface area contributed by atoms with Crippen LogP contribution in [0.3, 0.4) is 0 Å². The van der Waals surface area contributed by atoms with Gasteiger partial charge < -0.3 is 30.1 Å². The standard InChI is InChI=1S/C16H29O9P/c1-10(2)5-4-6-11(3)7-8-23-26(21,22)25-16-15(20)14(19)13(18)12(9-17)24-16/h5,7,12-20H,4,6,8-9H2,1-3H3,(H,21,22). The van der Waals surface area contributed by atoms with E-state index < -0.39 is 45.1 Å². The molecule has 0 aliphatic carbocycles. The molecule has 10 heteroatoms. The molecule has 0 aromatic heterocycles. The summed E-state index contributed by atoms with van der Waals surface area (Å²) in [5.74, 6) is 0. The highest BCUT2D eigenvalue weighted by Gasteiger charge is 2.46. The van der Waals surface area contributed by atoms with E-state index in [9.17, 15) is 24.8 Å². The average molecular weight is 396 g/mol. The summed E-state index contributed by atoms with van der Waals surface area (Å²) in [6, 6.07) is 0. The summed E-state index contributed by atoms with van der Waals surface area (Å²) in [4.78, 5) is 9.73. The van der Waals surface area contributed by atoms with Crippen LogP contribution in [0.25, 0.3) is 0 Å². The van der Waals surface area contributed by atoms with Gasteiger partial charge in [0.15, 0.2) is 6.29 Å². The zero-order valence-corrected chi connectivity index (χ0v) is 16.1. The lowest BCUT2D eigenvalue weighted by molar-refractivity contribution is -0.281. The SMILES string of the molecule is CC(C)=CCCC(C)=CCOP(=O)(O)OC1OC(CO)C(O)C(O)C1O. The summed E-state index contributed by atoms with van der Waals surface area (Å²) < 4.78 is 26.5. The number of allylic oxidation sites excluding steroid dienone is 3. The molecule has 0 spiro atoms. The van der Waals surface area contributed by atoms with E-state index in [-0.39, 0.29) is 6.61 Å². The van der Waals surface area contributed by atoms with Gasteiger partial charge in [0.05, 0.1) is 13.2 Å². The summed E-state index contributed by atoms with van der Waals surface area (Å²) in [6.45, 7) is 5.00. The molecular formula is C16H29O9P. The minimum atomic E-state index is -4.60. The van der Waals surface area contributed by atoms with Crippen molar-refractivity contribution < 1.29 is 43.7 Å². The molecule has 6 unspecified atom stereocenters. The van der Waals surface area contributed by atoms with E-state index in [1.165, 1.54) is 5.57 Å². The minimum Gasteiger partial charge on any atom is -0.394 e. The van der Waals surface area contributed by atoms with Crippen LogP contribution >= 0.6 is 7.82 Å². The Morgan fingerprint density at radius 1 is 1.12 bits per heavy atom. The first kappa shape index (κ1) is 23.4. The number of aliphatic hydroxyl groups is 4. The Morgan fingerprint density at radius 2 is 1.77 bits per heavy atom. The lowest BCUT2D eigenvalue weighted by atomic mass is 10.00. The Bertz CT molecular complexity index is 542. The molecule has 1 aliphatic rings. The first-order valence-corrected chi connectivity index (χ1v) is 9.82. The van der Waals surface area contributed by atoms with Gasteiger partial charge in [-0.25, -0.2) is 4.57 Å². The topological polar surface area (TPSA) is 146 Å². The fourth-order valence-electron chi connectivity index (χ4n) is 2.28. The fraction of sp³-hybridized carbons (Fsp3) is 0.750. The average Bonchev–Trinajstić information content (AvgIpc) is 2.54. The quantitative estimate of drug-likeness (QED) is 0.279. The summed E-state index contributed by atoms with van der Waals surface area (Å²) in [7, 11) is -4.60. The maximum Gasteiger partial charge on any atom is 0.474 e. The summed E-state index contributed by atoms with van der Waals surface area (Å²) in [5, 5.41) is 38.2. The Kier molecular flexibility index (Phi) is 9.60. The van der Waals surface area contributed by atoms with Crippen molar-refractivity contribution in [2.45, 2.75) is 64.3 Å². The summed E-state index contributed by atoms with van der Waals surface area (Å²) >= 11 is 0. The highest BCUT2D eigenvalue weighted by molar-refractivity contribution is 7.47. The third-order valence-corrected chi connectivity index (χ3v) is 4.80. The number of phosphoric ester groups is 1. The van der Waals surface area contributed by atoms with Crippen molar-refractivity contribution in [1.29, 1.82) is 0 Å². The first-order chi connectivity index (χ1) is 12.1. The van der Waals surface area contributed by atoms with Crippen LogP contribution in [-0.4, -0.2) is 69.2 Å². The van der Waals surface area contributed by atoms with Gasteiger partial charge in [0, 0.05) is 0 Å². The second-order valence-electron chi connectivity index (χ2n) is 6.44. The van der Waals surface area contributed by atoms with Crippen LogP contribution in [0.2, 0.25) is 0 Å². The van der Waals surface area contributed by atoms with Gasteiger partial charge >= 0.3 is 7.82 Å². The molecule has 26 heavy (non-hydrogen) atoms. The molecule has 152 valence electrons. The van der Waals surface area contributed by atoms with E-state index in [0.717, 1.165) is 18.4 Å². The predicted octanol–water partition coefficient (Wildman–Crippen LogP) is 0.613. The first-order valence-electron chi connectivity index (χ1n) is 8.32. The maximum atomic E-state index is 12.0. The molecule has 1 fully saturated rings. The summed E-state index contributed by atoms with van der Waals surface area (Å²) in [5.41, 5.74) is 2.18. The van der Waals surface area contributed by atoms with Crippen LogP contribution in [0.15, 0.2) is 23.3 Å². The van der Waals surface area contributed by atoms with Gasteiger partial charge in [0.2, 0.25) is 0 Å². The van der Waals surface area contributed by atoms with E-state index in [1.54, 1.807) is 6.08 Å². The lowest BCUT2D eigenvalue weighted by Gasteiger charge is -2.39. The van der Waals surface area contributed by atoms with Crippen molar-refractivity contribution in [2.75, 3.05) is 13.2 Å². The van der Waals surface area contributed by atoms with E-state index in [4.69, 9.17) is 18.9 Å². The highest BCUT2D eigenvalue weighted by atomic mass is 31.2. The number of ether oxygens (including phenoxy) is 1. The van der Waals surface area contributed by atoms with E-state index in [1.807, 2.05) is 20.8 Å². The van der Waals surface area contributed by atoms with Crippen LogP contribution in [0.4, 0.5) is 0 Å². The molecule has 5 N–H and O–H groups in total. The third-order valence-electron chi connectivity index (χ3n) is 3.85. The monoisotopic (exact) mass is 396 g/mol. The van der Waals surface area contributed by atoms with Crippen LogP contribution in [0, 0.1) is 0 Å². The number of hydrogen-bond acceptors (Lipinski definition) is 8. The zero-order valence-electron chi connectivity index (χ0n) is 15.2. The molecule has 0 bridgehead atoms. The number of aliphatic hydroxyl groups excluding tert-OH is 4. The molecular weight excluding hydrogens is 367 g/mol. The van der Waals surface area contributed by atoms with Crippen molar-refractivity contribution >= 4 is 7.82 Å². The number of phosphoric acid groups is 1. The Hall–Kier alpha value is -0.610. The molecule has 1 heterocycles. The number of hydrogen-bond donors (Lipinski definition) is 5. The van der Waals surface area contributed by atoms with Gasteiger partial charge in [-0.2, -0.15) is 0 Å². The second kappa shape index (κ2) is 10.7. The van der Waals surface area contributed by atoms with Crippen molar-refractivity contribution in [3.8, 4) is 0 Å². The van der Waals surface area contributed by atoms with E-state index in [0.29, 0.717) is 0 Å². The summed E-state index contributed by atoms with van der Waals surface area (Å²) in [6.07, 6.45) is -2.70. The Balaban J connectivity index is 2.55. The second-order valence-corrected chi connectivity index (χ2v) is 7.84. The molecule has 0 saturated carbocycles. The van der Waals surface area contributed by atoms with Crippen molar-refractivity contribution in [2.24, 2.45) is 0 Å². The Labute approximate surface area is 153 Å². The number of rotatable bonds is 9. The van der Waals surface area contributed by atoms with E-state index >= 15 is 0 Å². The molecule has 0 radical (unpaired) electrons. The predicted molar refractivity (Wildman–Crippen MR) is 93.1 cm³/mol. The van der Waals surface area contributed by atoms with Gasteiger partial charge in [-0.05, 0) is 33.6 Å². The highest BCUT2D eigenvalue weighted by Crippen LogP contribution is 2.46. The smallest absolute Gasteiger partial charge is 0.394 e. The van der Waals surface area contributed by atoms with Gasteiger partial charge in [-0.1, -0.05) is 23.3 Å². The molecule has 1 saturated heterocycles. The van der Waals surface area contributed by atoms with Gasteiger partial charge in [-0.3, -0.25) is 9.05 Å². The minimum absolute atomic E-state index is 0.189. The molecule has 1 rings (SSSR count). The fourth-order valence-corrected chi connectivity index (χ4v) is 3.04. The largest absolute Gasteiger partial charge is 0.474 e. The van der Waals surface area contributed by atoms with Crippen molar-refractivity contribution in [1.82, 2.24) is 0 Å². The van der Waals surface area contributed by atoms with Crippen LogP contribution in [-0.2, 0) is 18.3 Å². The molecule has 0 aromatic rings. The lowest BCUT2D eigenvalue weighted by Crippen LogP contribution is -2.58. The molecule has 6 atom stereocenters. The maximum absolute atomic E-state index is 12.0. The van der Waals surface area contributed by atoms with E-state index in [2.05, 4.69) is 6.08 Å². The van der Waals surface area contributed by atoms with Crippen molar-refractivity contribution in [3.63, 3.8) is 0 Å². The third kappa shape index (κ3) is 7.56. The van der Waals surface area contributed by atoms with Gasteiger partial charge in [0.25, 0.3) is 0 Å². The normalized spacial score (nSPS) is 32.2. The molecule has 0 amide bonds. The van der Waals surface area contributed by atoms with Crippen LogP contribution < -0.4 is 0 Å².